The molecule has 0 saturated carbocycles. The Morgan fingerprint density at radius 3 is 2.16 bits per heavy atom. The van der Waals surface area contributed by atoms with Crippen molar-refractivity contribution in [2.75, 3.05) is 13.1 Å². The van der Waals surface area contributed by atoms with Crippen LogP contribution >= 0.6 is 17.0 Å². The van der Waals surface area contributed by atoms with Gasteiger partial charge in [-0.15, -0.1) is 17.0 Å². The maximum atomic E-state index is 4.49. The fourth-order valence-electron chi connectivity index (χ4n) is 2.44. The summed E-state index contributed by atoms with van der Waals surface area (Å²) >= 11 is 0. The fraction of sp³-hybridized carbons (Fsp3) is 0.562. The minimum Gasteiger partial charge on any atom is -0.372 e. The van der Waals surface area contributed by atoms with Crippen molar-refractivity contribution in [3.8, 4) is 0 Å². The van der Waals surface area contributed by atoms with Gasteiger partial charge in [0.05, 0.1) is 6.54 Å². The maximum Gasteiger partial charge on any atom is 0.101 e. The molecule has 0 unspecified atom stereocenters. The first-order valence-corrected chi connectivity index (χ1v) is 6.76. The second kappa shape index (κ2) is 6.08. The number of aryl methyl sites for hydroxylation is 2. The molecule has 0 radical (unpaired) electrons. The van der Waals surface area contributed by atoms with Crippen molar-refractivity contribution < 1.29 is 0 Å². The van der Waals surface area contributed by atoms with Crippen LogP contribution in [0.3, 0.4) is 0 Å². The van der Waals surface area contributed by atoms with Crippen LogP contribution in [0.1, 0.15) is 43.0 Å². The Balaban J connectivity index is 0.00000180. The van der Waals surface area contributed by atoms with Gasteiger partial charge in [-0.05, 0) is 41.5 Å². The highest BCUT2D eigenvalue weighted by atomic mass is 79.9. The third-order valence-electron chi connectivity index (χ3n) is 3.65. The molecule has 1 aromatic rings. The van der Waals surface area contributed by atoms with E-state index in [-0.39, 0.29) is 22.4 Å². The van der Waals surface area contributed by atoms with Gasteiger partial charge in [-0.1, -0.05) is 32.9 Å². The smallest absolute Gasteiger partial charge is 0.101 e. The lowest BCUT2D eigenvalue weighted by molar-refractivity contribution is 0.589. The summed E-state index contributed by atoms with van der Waals surface area (Å²) in [6.07, 6.45) is 0.947. The van der Waals surface area contributed by atoms with Crippen molar-refractivity contribution in [2.24, 2.45) is 4.99 Å². The number of nitrogens with zero attached hydrogens (tertiary/aromatic N) is 1. The summed E-state index contributed by atoms with van der Waals surface area (Å²) in [4.78, 5) is 4.49. The number of hydrogen-bond donors (Lipinski definition) is 1. The van der Waals surface area contributed by atoms with Crippen LogP contribution < -0.4 is 5.32 Å². The summed E-state index contributed by atoms with van der Waals surface area (Å²) in [6, 6.07) is 4.66. The molecule has 2 nitrogen and oxygen atoms in total. The molecule has 3 heteroatoms. The Bertz CT molecular complexity index is 461. The van der Waals surface area contributed by atoms with Crippen LogP contribution in [-0.2, 0) is 11.8 Å². The third kappa shape index (κ3) is 3.82. The van der Waals surface area contributed by atoms with E-state index in [2.05, 4.69) is 57.1 Å². The number of halogens is 1. The highest BCUT2D eigenvalue weighted by Gasteiger charge is 2.17. The standard InChI is InChI=1S/C16H24N2.BrH/c1-11-8-13(16(3,4)5)9-12(2)14(11)10-15-17-6-7-18-15;/h8-9H,6-7,10H2,1-5H3,(H,17,18);1H. The Labute approximate surface area is 127 Å². The van der Waals surface area contributed by atoms with Gasteiger partial charge in [0.1, 0.15) is 5.84 Å². The van der Waals surface area contributed by atoms with Crippen molar-refractivity contribution in [3.05, 3.63) is 34.4 Å². The summed E-state index contributed by atoms with van der Waals surface area (Å²) in [5.41, 5.74) is 5.84. The molecule has 1 N–H and O–H groups in total. The van der Waals surface area contributed by atoms with Crippen molar-refractivity contribution in [3.63, 3.8) is 0 Å². The third-order valence-corrected chi connectivity index (χ3v) is 3.65. The molecule has 1 aliphatic heterocycles. The van der Waals surface area contributed by atoms with E-state index in [1.807, 2.05) is 0 Å². The molecule has 0 amide bonds. The first-order chi connectivity index (χ1) is 8.38. The number of nitrogens with one attached hydrogen (secondary N) is 1. The van der Waals surface area contributed by atoms with Gasteiger partial charge in [0, 0.05) is 13.0 Å². The van der Waals surface area contributed by atoms with Crippen molar-refractivity contribution in [1.82, 2.24) is 5.32 Å². The minimum atomic E-state index is 0. The molecule has 1 aromatic carbocycles. The first kappa shape index (κ1) is 16.2. The first-order valence-electron chi connectivity index (χ1n) is 6.76. The molecule has 19 heavy (non-hydrogen) atoms. The molecule has 0 aliphatic carbocycles. The average Bonchev–Trinajstić information content (AvgIpc) is 2.74. The molecular weight excluding hydrogens is 300 g/mol. The van der Waals surface area contributed by atoms with Gasteiger partial charge < -0.3 is 5.32 Å². The summed E-state index contributed by atoms with van der Waals surface area (Å²) in [5, 5.41) is 3.35. The molecule has 0 aromatic heterocycles. The fourth-order valence-corrected chi connectivity index (χ4v) is 2.44. The second-order valence-electron chi connectivity index (χ2n) is 6.27. The molecule has 0 spiro atoms. The van der Waals surface area contributed by atoms with Gasteiger partial charge in [0.2, 0.25) is 0 Å². The van der Waals surface area contributed by atoms with E-state index in [1.54, 1.807) is 0 Å². The average molecular weight is 325 g/mol. The van der Waals surface area contributed by atoms with E-state index in [1.165, 1.54) is 22.3 Å². The minimum absolute atomic E-state index is 0. The number of rotatable bonds is 2. The van der Waals surface area contributed by atoms with Gasteiger partial charge in [-0.3, -0.25) is 4.99 Å². The molecule has 1 heterocycles. The van der Waals surface area contributed by atoms with Crippen LogP contribution in [0.15, 0.2) is 17.1 Å². The van der Waals surface area contributed by atoms with Gasteiger partial charge in [-0.25, -0.2) is 0 Å². The zero-order valence-electron chi connectivity index (χ0n) is 12.6. The Morgan fingerprint density at radius 1 is 1.16 bits per heavy atom. The number of amidine groups is 1. The van der Waals surface area contributed by atoms with E-state index in [4.69, 9.17) is 0 Å². The maximum absolute atomic E-state index is 4.49. The van der Waals surface area contributed by atoms with Crippen LogP contribution in [0.5, 0.6) is 0 Å². The summed E-state index contributed by atoms with van der Waals surface area (Å²) in [7, 11) is 0. The number of hydrogen-bond acceptors (Lipinski definition) is 2. The lowest BCUT2D eigenvalue weighted by atomic mass is 9.83. The largest absolute Gasteiger partial charge is 0.372 e. The molecule has 106 valence electrons. The Kier molecular flexibility index (Phi) is 5.19. The summed E-state index contributed by atoms with van der Waals surface area (Å²) in [5.74, 6) is 1.14. The monoisotopic (exact) mass is 324 g/mol. The van der Waals surface area contributed by atoms with Gasteiger partial charge in [0.15, 0.2) is 0 Å². The zero-order chi connectivity index (χ0) is 13.3. The summed E-state index contributed by atoms with van der Waals surface area (Å²) in [6.45, 7) is 13.2. The lowest BCUT2D eigenvalue weighted by Gasteiger charge is -2.22. The molecule has 0 fully saturated rings. The van der Waals surface area contributed by atoms with Crippen LogP contribution in [0.25, 0.3) is 0 Å². The predicted octanol–water partition coefficient (Wildman–Crippen LogP) is 3.72. The molecular formula is C16H25BrN2. The number of benzene rings is 1. The highest BCUT2D eigenvalue weighted by molar-refractivity contribution is 8.93. The van der Waals surface area contributed by atoms with E-state index >= 15 is 0 Å². The molecule has 1 aliphatic rings. The lowest BCUT2D eigenvalue weighted by Crippen LogP contribution is -2.22. The topological polar surface area (TPSA) is 24.4 Å². The van der Waals surface area contributed by atoms with Gasteiger partial charge in [-0.2, -0.15) is 0 Å². The molecule has 2 rings (SSSR count). The second-order valence-corrected chi connectivity index (χ2v) is 6.27. The quantitative estimate of drug-likeness (QED) is 0.880. The SMILES string of the molecule is Br.Cc1cc(C(C)(C)C)cc(C)c1CC1=NCCN1. The van der Waals surface area contributed by atoms with Crippen LogP contribution in [-0.4, -0.2) is 18.9 Å². The highest BCUT2D eigenvalue weighted by Crippen LogP contribution is 2.27. The Morgan fingerprint density at radius 2 is 1.74 bits per heavy atom. The predicted molar refractivity (Wildman–Crippen MR) is 88.9 cm³/mol. The van der Waals surface area contributed by atoms with Gasteiger partial charge in [0.25, 0.3) is 0 Å². The van der Waals surface area contributed by atoms with Crippen LogP contribution in [0, 0.1) is 13.8 Å². The normalized spacial score (nSPS) is 14.7. The van der Waals surface area contributed by atoms with Crippen LogP contribution in [0.4, 0.5) is 0 Å². The van der Waals surface area contributed by atoms with Crippen LogP contribution in [0.2, 0.25) is 0 Å². The van der Waals surface area contributed by atoms with E-state index in [0.29, 0.717) is 0 Å². The van der Waals surface area contributed by atoms with E-state index in [0.717, 1.165) is 25.3 Å². The van der Waals surface area contributed by atoms with Crippen molar-refractivity contribution >= 4 is 22.8 Å². The molecule has 0 atom stereocenters. The van der Waals surface area contributed by atoms with E-state index < -0.39 is 0 Å². The molecule has 0 saturated heterocycles. The van der Waals surface area contributed by atoms with E-state index in [9.17, 15) is 0 Å². The zero-order valence-corrected chi connectivity index (χ0v) is 14.3. The van der Waals surface area contributed by atoms with Crippen molar-refractivity contribution in [2.45, 2.75) is 46.5 Å². The van der Waals surface area contributed by atoms with Crippen molar-refractivity contribution in [1.29, 1.82) is 0 Å². The molecule has 0 bridgehead atoms. The number of aliphatic imine (C=N–C) groups is 1. The summed E-state index contributed by atoms with van der Waals surface area (Å²) < 4.78 is 0. The van der Waals surface area contributed by atoms with Gasteiger partial charge >= 0.3 is 0 Å². The Hall–Kier alpha value is -0.830.